The first-order chi connectivity index (χ1) is 7.75. The van der Waals surface area contributed by atoms with E-state index >= 15 is 0 Å². The second-order valence-electron chi connectivity index (χ2n) is 3.58. The van der Waals surface area contributed by atoms with Gasteiger partial charge >= 0.3 is 0 Å². The molecule has 0 spiro atoms. The van der Waals surface area contributed by atoms with Gasteiger partial charge in [-0.05, 0) is 18.2 Å². The molecule has 3 aromatic rings. The molecule has 2 heterocycles. The molecule has 2 aromatic heterocycles. The Morgan fingerprint density at radius 2 is 2.19 bits per heavy atom. The summed E-state index contributed by atoms with van der Waals surface area (Å²) in [5.41, 5.74) is 8.41. The van der Waals surface area contributed by atoms with E-state index in [9.17, 15) is 4.39 Å². The van der Waals surface area contributed by atoms with E-state index in [1.54, 1.807) is 12.1 Å². The number of rotatable bonds is 1. The molecular formula is C11H9FN4. The molecule has 0 atom stereocenters. The minimum Gasteiger partial charge on any atom is -0.396 e. The topological polar surface area (TPSA) is 70.5 Å². The fourth-order valence-electron chi connectivity index (χ4n) is 1.76. The Bertz CT molecular complexity index is 653. The maximum absolute atomic E-state index is 13.5. The van der Waals surface area contributed by atoms with Crippen LogP contribution in [0, 0.1) is 5.82 Å². The molecule has 0 amide bonds. The number of halogens is 1. The third-order valence-electron chi connectivity index (χ3n) is 2.55. The van der Waals surface area contributed by atoms with Crippen molar-refractivity contribution in [2.45, 2.75) is 0 Å². The van der Waals surface area contributed by atoms with Crippen molar-refractivity contribution >= 4 is 16.6 Å². The number of H-pyrrole nitrogens is 2. The van der Waals surface area contributed by atoms with E-state index in [1.165, 1.54) is 12.3 Å². The summed E-state index contributed by atoms with van der Waals surface area (Å²) in [5, 5.41) is 7.15. The number of benzene rings is 1. The van der Waals surface area contributed by atoms with Crippen LogP contribution in [0.25, 0.3) is 22.3 Å². The third kappa shape index (κ3) is 1.18. The molecule has 0 bridgehead atoms. The summed E-state index contributed by atoms with van der Waals surface area (Å²) in [5.74, 6) is -0.252. The Hall–Kier alpha value is -2.30. The van der Waals surface area contributed by atoms with Gasteiger partial charge in [0.1, 0.15) is 11.5 Å². The molecule has 16 heavy (non-hydrogen) atoms. The number of aromatic amines is 2. The van der Waals surface area contributed by atoms with Crippen LogP contribution < -0.4 is 5.73 Å². The molecule has 0 radical (unpaired) electrons. The highest BCUT2D eigenvalue weighted by Crippen LogP contribution is 2.27. The van der Waals surface area contributed by atoms with Crippen molar-refractivity contribution in [1.82, 2.24) is 15.2 Å². The van der Waals surface area contributed by atoms with Crippen molar-refractivity contribution in [3.63, 3.8) is 0 Å². The largest absolute Gasteiger partial charge is 0.396 e. The smallest absolute Gasteiger partial charge is 0.132 e. The summed E-state index contributed by atoms with van der Waals surface area (Å²) in [7, 11) is 0. The maximum atomic E-state index is 13.5. The van der Waals surface area contributed by atoms with E-state index in [-0.39, 0.29) is 5.82 Å². The SMILES string of the molecule is Nc1cn[nH]c1-c1cc2c(F)cccc2[nH]1. The van der Waals surface area contributed by atoms with Crippen molar-refractivity contribution in [3.8, 4) is 11.4 Å². The second-order valence-corrected chi connectivity index (χ2v) is 3.58. The van der Waals surface area contributed by atoms with E-state index in [4.69, 9.17) is 5.73 Å². The number of hydrogen-bond donors (Lipinski definition) is 3. The van der Waals surface area contributed by atoms with Gasteiger partial charge in [0.2, 0.25) is 0 Å². The van der Waals surface area contributed by atoms with Crippen LogP contribution in [-0.4, -0.2) is 15.2 Å². The molecule has 0 aliphatic rings. The first-order valence-corrected chi connectivity index (χ1v) is 4.82. The van der Waals surface area contributed by atoms with Crippen molar-refractivity contribution < 1.29 is 4.39 Å². The van der Waals surface area contributed by atoms with Gasteiger partial charge in [0.15, 0.2) is 0 Å². The Balaban J connectivity index is 2.27. The number of nitrogens with one attached hydrogen (secondary N) is 2. The average Bonchev–Trinajstić information content (AvgIpc) is 2.84. The molecule has 4 nitrogen and oxygen atoms in total. The summed E-state index contributed by atoms with van der Waals surface area (Å²) >= 11 is 0. The van der Waals surface area contributed by atoms with Crippen LogP contribution in [0.15, 0.2) is 30.5 Å². The van der Waals surface area contributed by atoms with Gasteiger partial charge in [0.25, 0.3) is 0 Å². The molecule has 80 valence electrons. The van der Waals surface area contributed by atoms with Crippen LogP contribution in [0.3, 0.4) is 0 Å². The number of nitrogens with two attached hydrogens (primary N) is 1. The molecule has 0 fully saturated rings. The second kappa shape index (κ2) is 3.10. The van der Waals surface area contributed by atoms with E-state index < -0.39 is 0 Å². The first kappa shape index (κ1) is 8.96. The highest BCUT2D eigenvalue weighted by Gasteiger charge is 2.10. The van der Waals surface area contributed by atoms with Crippen LogP contribution in [0.4, 0.5) is 10.1 Å². The van der Waals surface area contributed by atoms with Gasteiger partial charge in [0, 0.05) is 10.9 Å². The minimum absolute atomic E-state index is 0.252. The lowest BCUT2D eigenvalue weighted by molar-refractivity contribution is 0.640. The standard InChI is InChI=1S/C11H9FN4/c12-7-2-1-3-9-6(7)4-10(15-9)11-8(13)5-14-16-11/h1-5,15H,13H2,(H,14,16). The number of aromatic nitrogens is 3. The molecule has 5 heteroatoms. The van der Waals surface area contributed by atoms with Crippen LogP contribution in [-0.2, 0) is 0 Å². The highest BCUT2D eigenvalue weighted by atomic mass is 19.1. The van der Waals surface area contributed by atoms with Gasteiger partial charge in [-0.3, -0.25) is 5.10 Å². The lowest BCUT2D eigenvalue weighted by atomic mass is 10.2. The zero-order valence-electron chi connectivity index (χ0n) is 8.29. The number of anilines is 1. The number of fused-ring (bicyclic) bond motifs is 1. The minimum atomic E-state index is -0.252. The molecule has 0 saturated carbocycles. The Labute approximate surface area is 90.3 Å². The number of nitrogen functional groups attached to an aromatic ring is 1. The summed E-state index contributed by atoms with van der Waals surface area (Å²) in [6.07, 6.45) is 1.52. The zero-order chi connectivity index (χ0) is 11.1. The van der Waals surface area contributed by atoms with Crippen molar-refractivity contribution in [3.05, 3.63) is 36.3 Å². The quantitative estimate of drug-likeness (QED) is 0.584. The molecule has 3 rings (SSSR count). The summed E-state index contributed by atoms with van der Waals surface area (Å²) in [6, 6.07) is 6.62. The molecule has 0 unspecified atom stereocenters. The lowest BCUT2D eigenvalue weighted by Crippen LogP contribution is -1.85. The Morgan fingerprint density at radius 3 is 2.88 bits per heavy atom. The lowest BCUT2D eigenvalue weighted by Gasteiger charge is -1.92. The van der Waals surface area contributed by atoms with E-state index in [2.05, 4.69) is 15.2 Å². The Morgan fingerprint density at radius 1 is 1.31 bits per heavy atom. The van der Waals surface area contributed by atoms with Gasteiger partial charge in [-0.1, -0.05) is 6.07 Å². The molecular weight excluding hydrogens is 207 g/mol. The predicted molar refractivity (Wildman–Crippen MR) is 60.3 cm³/mol. The van der Waals surface area contributed by atoms with Gasteiger partial charge < -0.3 is 10.7 Å². The van der Waals surface area contributed by atoms with Crippen molar-refractivity contribution in [1.29, 1.82) is 0 Å². The fourth-order valence-corrected chi connectivity index (χ4v) is 1.76. The zero-order valence-corrected chi connectivity index (χ0v) is 8.29. The Kier molecular flexibility index (Phi) is 1.73. The van der Waals surface area contributed by atoms with Crippen LogP contribution in [0.5, 0.6) is 0 Å². The summed E-state index contributed by atoms with van der Waals surface area (Å²) < 4.78 is 13.5. The van der Waals surface area contributed by atoms with E-state index in [0.717, 1.165) is 11.2 Å². The van der Waals surface area contributed by atoms with Crippen molar-refractivity contribution in [2.24, 2.45) is 0 Å². The highest BCUT2D eigenvalue weighted by molar-refractivity contribution is 5.87. The van der Waals surface area contributed by atoms with Gasteiger partial charge in [-0.15, -0.1) is 0 Å². The number of nitrogens with zero attached hydrogens (tertiary/aromatic N) is 1. The molecule has 0 aliphatic heterocycles. The number of hydrogen-bond acceptors (Lipinski definition) is 2. The first-order valence-electron chi connectivity index (χ1n) is 4.82. The van der Waals surface area contributed by atoms with Crippen LogP contribution >= 0.6 is 0 Å². The predicted octanol–water partition coefficient (Wildman–Crippen LogP) is 2.28. The monoisotopic (exact) mass is 216 g/mol. The molecule has 4 N–H and O–H groups in total. The van der Waals surface area contributed by atoms with Gasteiger partial charge in [-0.25, -0.2) is 4.39 Å². The van der Waals surface area contributed by atoms with Crippen LogP contribution in [0.1, 0.15) is 0 Å². The fraction of sp³-hybridized carbons (Fsp3) is 0. The molecule has 0 aliphatic carbocycles. The van der Waals surface area contributed by atoms with Crippen LogP contribution in [0.2, 0.25) is 0 Å². The van der Waals surface area contributed by atoms with E-state index in [1.807, 2.05) is 6.07 Å². The van der Waals surface area contributed by atoms with Crippen molar-refractivity contribution in [2.75, 3.05) is 5.73 Å². The van der Waals surface area contributed by atoms with Gasteiger partial charge in [-0.2, -0.15) is 5.10 Å². The van der Waals surface area contributed by atoms with E-state index in [0.29, 0.717) is 16.8 Å². The maximum Gasteiger partial charge on any atom is 0.132 e. The molecule has 0 saturated heterocycles. The normalized spacial score (nSPS) is 11.1. The summed E-state index contributed by atoms with van der Waals surface area (Å²) in [6.45, 7) is 0. The molecule has 1 aromatic carbocycles. The third-order valence-corrected chi connectivity index (χ3v) is 2.55. The summed E-state index contributed by atoms with van der Waals surface area (Å²) in [4.78, 5) is 3.09. The average molecular weight is 216 g/mol. The van der Waals surface area contributed by atoms with Gasteiger partial charge in [0.05, 0.1) is 17.6 Å².